The van der Waals surface area contributed by atoms with Gasteiger partial charge in [-0.1, -0.05) is 0 Å². The van der Waals surface area contributed by atoms with E-state index in [0.29, 0.717) is 18.3 Å². The van der Waals surface area contributed by atoms with Crippen LogP contribution in [-0.2, 0) is 13.2 Å². The molecule has 0 aliphatic carbocycles. The Labute approximate surface area is 90.9 Å². The first-order chi connectivity index (χ1) is 7.11. The lowest BCUT2D eigenvalue weighted by molar-refractivity contribution is 0.242. The van der Waals surface area contributed by atoms with Crippen molar-refractivity contribution in [3.05, 3.63) is 23.7 Å². The van der Waals surface area contributed by atoms with Crippen LogP contribution >= 0.6 is 0 Å². The molecule has 1 rings (SSSR count). The van der Waals surface area contributed by atoms with Gasteiger partial charge >= 0.3 is 0 Å². The molecular weight excluding hydrogens is 192 g/mol. The highest BCUT2D eigenvalue weighted by Gasteiger charge is 2.05. The minimum absolute atomic E-state index is 0.0345. The van der Waals surface area contributed by atoms with Crippen molar-refractivity contribution in [2.75, 3.05) is 20.6 Å². The zero-order valence-corrected chi connectivity index (χ0v) is 9.66. The summed E-state index contributed by atoms with van der Waals surface area (Å²) >= 11 is 0. The van der Waals surface area contributed by atoms with E-state index in [1.807, 2.05) is 6.07 Å². The molecule has 86 valence electrons. The van der Waals surface area contributed by atoms with Gasteiger partial charge in [-0.3, -0.25) is 0 Å². The van der Waals surface area contributed by atoms with E-state index in [-0.39, 0.29) is 6.61 Å². The van der Waals surface area contributed by atoms with Gasteiger partial charge in [0.15, 0.2) is 0 Å². The van der Waals surface area contributed by atoms with Crippen LogP contribution in [0.2, 0.25) is 0 Å². The minimum atomic E-state index is -0.0345. The van der Waals surface area contributed by atoms with Gasteiger partial charge in [-0.15, -0.1) is 0 Å². The van der Waals surface area contributed by atoms with Gasteiger partial charge in [0.05, 0.1) is 6.54 Å². The van der Waals surface area contributed by atoms with Crippen LogP contribution < -0.4 is 5.32 Å². The molecule has 0 spiro atoms. The zero-order valence-electron chi connectivity index (χ0n) is 9.66. The van der Waals surface area contributed by atoms with Crippen molar-refractivity contribution in [1.29, 1.82) is 0 Å². The number of likely N-dealkylation sites (N-methyl/N-ethyl adjacent to an activating group) is 1. The third kappa shape index (κ3) is 4.46. The predicted octanol–water partition coefficient (Wildman–Crippen LogP) is 0.812. The van der Waals surface area contributed by atoms with E-state index in [2.05, 4.69) is 31.2 Å². The monoisotopic (exact) mass is 212 g/mol. The summed E-state index contributed by atoms with van der Waals surface area (Å²) in [6.45, 7) is 3.80. The van der Waals surface area contributed by atoms with Crippen molar-refractivity contribution in [2.45, 2.75) is 26.1 Å². The van der Waals surface area contributed by atoms with E-state index in [1.54, 1.807) is 6.07 Å². The van der Waals surface area contributed by atoms with Gasteiger partial charge in [0.1, 0.15) is 18.1 Å². The number of hydrogen-bond acceptors (Lipinski definition) is 4. The molecule has 0 fully saturated rings. The van der Waals surface area contributed by atoms with Gasteiger partial charge in [0.2, 0.25) is 0 Å². The van der Waals surface area contributed by atoms with Crippen LogP contribution in [-0.4, -0.2) is 36.7 Å². The SMILES string of the molecule is CC(CN(C)C)NCc1ccc(CO)o1. The summed E-state index contributed by atoms with van der Waals surface area (Å²) < 4.78 is 5.36. The fraction of sp³-hybridized carbons (Fsp3) is 0.636. The van der Waals surface area contributed by atoms with Crippen molar-refractivity contribution in [3.8, 4) is 0 Å². The number of aliphatic hydroxyl groups excluding tert-OH is 1. The van der Waals surface area contributed by atoms with Crippen LogP contribution in [0.3, 0.4) is 0 Å². The van der Waals surface area contributed by atoms with Gasteiger partial charge in [-0.05, 0) is 33.2 Å². The Morgan fingerprint density at radius 2 is 2.07 bits per heavy atom. The number of nitrogens with zero attached hydrogens (tertiary/aromatic N) is 1. The highest BCUT2D eigenvalue weighted by atomic mass is 16.4. The van der Waals surface area contributed by atoms with Crippen molar-refractivity contribution < 1.29 is 9.52 Å². The van der Waals surface area contributed by atoms with Crippen LogP contribution in [0, 0.1) is 0 Å². The van der Waals surface area contributed by atoms with Crippen molar-refractivity contribution in [3.63, 3.8) is 0 Å². The molecule has 0 aliphatic rings. The second-order valence-corrected chi connectivity index (χ2v) is 4.07. The van der Waals surface area contributed by atoms with E-state index < -0.39 is 0 Å². The smallest absolute Gasteiger partial charge is 0.129 e. The summed E-state index contributed by atoms with van der Waals surface area (Å²) in [6.07, 6.45) is 0. The van der Waals surface area contributed by atoms with E-state index in [0.717, 1.165) is 12.3 Å². The number of rotatable bonds is 6. The number of hydrogen-bond donors (Lipinski definition) is 2. The molecule has 1 heterocycles. The molecule has 1 aromatic heterocycles. The van der Waals surface area contributed by atoms with E-state index >= 15 is 0 Å². The number of aliphatic hydroxyl groups is 1. The van der Waals surface area contributed by atoms with Crippen LogP contribution in [0.5, 0.6) is 0 Å². The maximum absolute atomic E-state index is 8.83. The van der Waals surface area contributed by atoms with Crippen LogP contribution in [0.1, 0.15) is 18.4 Å². The Morgan fingerprint density at radius 3 is 2.60 bits per heavy atom. The number of furan rings is 1. The molecule has 2 N–H and O–H groups in total. The maximum atomic E-state index is 8.83. The van der Waals surface area contributed by atoms with Crippen LogP contribution in [0.4, 0.5) is 0 Å². The standard InChI is InChI=1S/C11H20N2O2/c1-9(7-13(2)3)12-6-10-4-5-11(8-14)15-10/h4-5,9,12,14H,6-8H2,1-3H3. The average Bonchev–Trinajstić information content (AvgIpc) is 2.61. The predicted molar refractivity (Wildman–Crippen MR) is 59.5 cm³/mol. The van der Waals surface area contributed by atoms with E-state index in [9.17, 15) is 0 Å². The molecule has 15 heavy (non-hydrogen) atoms. The molecule has 0 aromatic carbocycles. The Morgan fingerprint density at radius 1 is 1.40 bits per heavy atom. The fourth-order valence-electron chi connectivity index (χ4n) is 1.49. The summed E-state index contributed by atoms with van der Waals surface area (Å²) in [6, 6.07) is 4.11. The lowest BCUT2D eigenvalue weighted by atomic mass is 10.3. The van der Waals surface area contributed by atoms with Gasteiger partial charge in [-0.2, -0.15) is 0 Å². The molecule has 0 bridgehead atoms. The average molecular weight is 212 g/mol. The molecule has 0 amide bonds. The highest BCUT2D eigenvalue weighted by Crippen LogP contribution is 2.07. The summed E-state index contributed by atoms with van der Waals surface area (Å²) in [5.41, 5.74) is 0. The first-order valence-electron chi connectivity index (χ1n) is 5.18. The Bertz CT molecular complexity index is 284. The molecule has 1 aromatic rings. The normalized spacial score (nSPS) is 13.4. The van der Waals surface area contributed by atoms with E-state index in [4.69, 9.17) is 9.52 Å². The molecule has 0 aliphatic heterocycles. The second kappa shape index (κ2) is 5.90. The largest absolute Gasteiger partial charge is 0.462 e. The molecule has 0 saturated heterocycles. The summed E-state index contributed by atoms with van der Waals surface area (Å²) in [4.78, 5) is 2.14. The summed E-state index contributed by atoms with van der Waals surface area (Å²) in [5, 5.41) is 12.2. The Hall–Kier alpha value is -0.840. The fourth-order valence-corrected chi connectivity index (χ4v) is 1.49. The lowest BCUT2D eigenvalue weighted by Gasteiger charge is -2.17. The maximum Gasteiger partial charge on any atom is 0.129 e. The zero-order chi connectivity index (χ0) is 11.3. The summed E-state index contributed by atoms with van der Waals surface area (Å²) in [5.74, 6) is 1.48. The lowest BCUT2D eigenvalue weighted by Crippen LogP contribution is -2.35. The number of nitrogens with one attached hydrogen (secondary N) is 1. The molecule has 4 heteroatoms. The van der Waals surface area contributed by atoms with Gasteiger partial charge in [0, 0.05) is 12.6 Å². The van der Waals surface area contributed by atoms with Gasteiger partial charge in [0.25, 0.3) is 0 Å². The molecule has 0 saturated carbocycles. The third-order valence-electron chi connectivity index (χ3n) is 2.14. The first-order valence-corrected chi connectivity index (χ1v) is 5.18. The minimum Gasteiger partial charge on any atom is -0.462 e. The topological polar surface area (TPSA) is 48.6 Å². The Balaban J connectivity index is 2.30. The first kappa shape index (κ1) is 12.2. The van der Waals surface area contributed by atoms with Crippen molar-refractivity contribution in [1.82, 2.24) is 10.2 Å². The van der Waals surface area contributed by atoms with E-state index in [1.165, 1.54) is 0 Å². The van der Waals surface area contributed by atoms with Crippen LogP contribution in [0.15, 0.2) is 16.5 Å². The van der Waals surface area contributed by atoms with Crippen LogP contribution in [0.25, 0.3) is 0 Å². The van der Waals surface area contributed by atoms with Gasteiger partial charge in [-0.25, -0.2) is 0 Å². The molecule has 4 nitrogen and oxygen atoms in total. The quantitative estimate of drug-likeness (QED) is 0.732. The van der Waals surface area contributed by atoms with Crippen molar-refractivity contribution >= 4 is 0 Å². The second-order valence-electron chi connectivity index (χ2n) is 4.07. The Kier molecular flexibility index (Phi) is 4.81. The third-order valence-corrected chi connectivity index (χ3v) is 2.14. The highest BCUT2D eigenvalue weighted by molar-refractivity contribution is 5.06. The molecule has 1 unspecified atom stereocenters. The summed E-state index contributed by atoms with van der Waals surface area (Å²) in [7, 11) is 4.10. The van der Waals surface area contributed by atoms with Gasteiger partial charge < -0.3 is 19.7 Å². The molecule has 0 radical (unpaired) electrons. The molecular formula is C11H20N2O2. The van der Waals surface area contributed by atoms with Crippen molar-refractivity contribution in [2.24, 2.45) is 0 Å². The molecule has 1 atom stereocenters.